The average molecular weight is 702 g/mol. The number of urea groups is 1. The van der Waals surface area contributed by atoms with Crippen LogP contribution in [-0.2, 0) is 16.1 Å². The molecule has 2 amide bonds. The van der Waals surface area contributed by atoms with E-state index in [0.717, 1.165) is 11.1 Å². The number of benzene rings is 3. The number of rotatable bonds is 13. The lowest BCUT2D eigenvalue weighted by Gasteiger charge is -2.28. The second kappa shape index (κ2) is 15.6. The minimum absolute atomic E-state index is 0.163. The van der Waals surface area contributed by atoms with E-state index in [9.17, 15) is 14.7 Å². The van der Waals surface area contributed by atoms with Crippen LogP contribution in [0.15, 0.2) is 75.4 Å². The van der Waals surface area contributed by atoms with Crippen molar-refractivity contribution in [1.82, 2.24) is 16.1 Å². The summed E-state index contributed by atoms with van der Waals surface area (Å²) >= 11 is 9.98. The van der Waals surface area contributed by atoms with Gasteiger partial charge in [-0.25, -0.2) is 9.59 Å². The first-order valence-electron chi connectivity index (χ1n) is 14.0. The van der Waals surface area contributed by atoms with E-state index in [2.05, 4.69) is 37.1 Å². The molecule has 1 aliphatic rings. The highest BCUT2D eigenvalue weighted by atomic mass is 79.9. The van der Waals surface area contributed by atoms with Crippen LogP contribution in [0.3, 0.4) is 0 Å². The Bertz CT molecular complexity index is 1590. The van der Waals surface area contributed by atoms with Gasteiger partial charge in [0.2, 0.25) is 0 Å². The molecule has 238 valence electrons. The minimum atomic E-state index is -1.16. The van der Waals surface area contributed by atoms with Crippen LogP contribution in [0, 0.1) is 6.92 Å². The van der Waals surface area contributed by atoms with Crippen molar-refractivity contribution in [3.05, 3.63) is 97.6 Å². The Kier molecular flexibility index (Phi) is 11.7. The third-order valence-electron chi connectivity index (χ3n) is 6.60. The molecule has 13 heteroatoms. The number of nitrogens with one attached hydrogen (secondary N) is 3. The largest absolute Gasteiger partial charge is 0.490 e. The maximum Gasteiger partial charge on any atom is 0.337 e. The van der Waals surface area contributed by atoms with Gasteiger partial charge < -0.3 is 34.7 Å². The summed E-state index contributed by atoms with van der Waals surface area (Å²) in [4.78, 5) is 24.6. The molecule has 0 radical (unpaired) electrons. The van der Waals surface area contributed by atoms with E-state index >= 15 is 0 Å². The molecule has 1 aliphatic heterocycles. The van der Waals surface area contributed by atoms with Crippen molar-refractivity contribution in [3.63, 3.8) is 0 Å². The minimum Gasteiger partial charge on any atom is -0.490 e. The van der Waals surface area contributed by atoms with Gasteiger partial charge in [0.05, 0.1) is 41.0 Å². The van der Waals surface area contributed by atoms with Gasteiger partial charge in [-0.15, -0.1) is 0 Å². The Hall–Kier alpha value is -4.26. The van der Waals surface area contributed by atoms with E-state index in [1.54, 1.807) is 37.3 Å². The van der Waals surface area contributed by atoms with E-state index in [1.165, 1.54) is 13.3 Å². The first-order chi connectivity index (χ1) is 21.6. The molecular formula is C32H34BrClN4O7. The summed E-state index contributed by atoms with van der Waals surface area (Å²) in [6.45, 7) is 5.99. The molecule has 1 heterocycles. The van der Waals surface area contributed by atoms with Crippen LogP contribution in [-0.4, -0.2) is 49.9 Å². The van der Waals surface area contributed by atoms with Crippen molar-refractivity contribution >= 4 is 45.7 Å². The third-order valence-corrected chi connectivity index (χ3v) is 7.47. The molecule has 0 saturated heterocycles. The number of esters is 1. The van der Waals surface area contributed by atoms with E-state index in [-0.39, 0.29) is 12.2 Å². The number of carbonyl (C=O) groups excluding carboxylic acids is 2. The average Bonchev–Trinajstić information content (AvgIpc) is 2.99. The Labute approximate surface area is 274 Å². The molecule has 3 aromatic carbocycles. The van der Waals surface area contributed by atoms with Crippen LogP contribution in [0.1, 0.15) is 42.1 Å². The van der Waals surface area contributed by atoms with Gasteiger partial charge in [0.15, 0.2) is 23.5 Å². The Balaban J connectivity index is 1.37. The number of hydrogen-bond acceptors (Lipinski definition) is 9. The summed E-state index contributed by atoms with van der Waals surface area (Å²) in [6, 6.07) is 15.3. The number of aliphatic hydroxyl groups is 1. The maximum absolute atomic E-state index is 12.4. The Morgan fingerprint density at radius 3 is 2.64 bits per heavy atom. The number of hydrogen-bond donors (Lipinski definition) is 4. The van der Waals surface area contributed by atoms with Gasteiger partial charge in [-0.2, -0.15) is 5.10 Å². The second-order valence-corrected chi connectivity index (χ2v) is 11.3. The fourth-order valence-corrected chi connectivity index (χ4v) is 5.56. The number of aliphatic hydroxyl groups excluding tert-OH is 1. The van der Waals surface area contributed by atoms with Gasteiger partial charge >= 0.3 is 12.0 Å². The summed E-state index contributed by atoms with van der Waals surface area (Å²) in [5.74, 6) is 0.658. The van der Waals surface area contributed by atoms with Crippen LogP contribution >= 0.6 is 27.5 Å². The lowest BCUT2D eigenvalue weighted by molar-refractivity contribution is -0.136. The third kappa shape index (κ3) is 8.90. The van der Waals surface area contributed by atoms with Crippen molar-refractivity contribution in [2.24, 2.45) is 5.10 Å². The number of methoxy groups -OCH3 is 1. The molecule has 11 nitrogen and oxygen atoms in total. The molecule has 0 aliphatic carbocycles. The van der Waals surface area contributed by atoms with Crippen molar-refractivity contribution in [1.29, 1.82) is 0 Å². The quantitative estimate of drug-likeness (QED) is 0.0792. The maximum atomic E-state index is 12.4. The molecule has 0 aromatic heterocycles. The topological polar surface area (TPSA) is 140 Å². The number of halogens is 2. The summed E-state index contributed by atoms with van der Waals surface area (Å²) in [5, 5.41) is 20.3. The number of ether oxygens (including phenoxy) is 4. The van der Waals surface area contributed by atoms with Crippen molar-refractivity contribution in [3.8, 4) is 17.2 Å². The first kappa shape index (κ1) is 33.6. The number of carbonyl (C=O) groups is 2. The fraction of sp³-hybridized carbons (Fsp3) is 0.281. The molecule has 0 unspecified atom stereocenters. The monoisotopic (exact) mass is 700 g/mol. The highest BCUT2D eigenvalue weighted by Gasteiger charge is 2.32. The number of nitrogens with zero attached hydrogens (tertiary/aromatic N) is 1. The van der Waals surface area contributed by atoms with Crippen LogP contribution < -0.4 is 30.3 Å². The molecule has 2 atom stereocenters. The van der Waals surface area contributed by atoms with Gasteiger partial charge in [-0.05, 0) is 77.7 Å². The summed E-state index contributed by atoms with van der Waals surface area (Å²) in [6.07, 6.45) is 0.346. The lowest BCUT2D eigenvalue weighted by Crippen LogP contribution is -2.45. The molecule has 4 rings (SSSR count). The summed E-state index contributed by atoms with van der Waals surface area (Å²) in [5.41, 5.74) is 6.70. The number of amides is 2. The zero-order valence-corrected chi connectivity index (χ0v) is 27.5. The number of aryl methyl sites for hydroxylation is 1. The smallest absolute Gasteiger partial charge is 0.337 e. The molecule has 3 aromatic rings. The highest BCUT2D eigenvalue weighted by Crippen LogP contribution is 2.36. The van der Waals surface area contributed by atoms with E-state index in [0.29, 0.717) is 56.8 Å². The van der Waals surface area contributed by atoms with Crippen LogP contribution in [0.5, 0.6) is 17.2 Å². The predicted molar refractivity (Wildman–Crippen MR) is 174 cm³/mol. The molecule has 0 spiro atoms. The summed E-state index contributed by atoms with van der Waals surface area (Å²) in [7, 11) is 1.27. The van der Waals surface area contributed by atoms with E-state index < -0.39 is 24.3 Å². The van der Waals surface area contributed by atoms with Gasteiger partial charge in [-0.3, -0.25) is 5.43 Å². The van der Waals surface area contributed by atoms with E-state index in [1.807, 2.05) is 38.1 Å². The highest BCUT2D eigenvalue weighted by molar-refractivity contribution is 9.10. The van der Waals surface area contributed by atoms with Gasteiger partial charge in [0.1, 0.15) is 13.2 Å². The van der Waals surface area contributed by atoms with Crippen molar-refractivity contribution < 1.29 is 33.6 Å². The van der Waals surface area contributed by atoms with Crippen molar-refractivity contribution in [2.75, 3.05) is 20.3 Å². The standard InChI is InChI=1S/C32H34BrClN4O7/c1-5-43-26-14-22(29-28(31(40)42-4)19(3)36-32(41)37-29)9-10-25(26)44-17-27(39)38-35-15-21-12-23(33)30(24(34)13-21)45-16-20-8-6-7-18(2)11-20/h6-15,27,29,38-39H,5,16-17H2,1-4H3,(H2,36,37,41)/b35-15-/t27-,29+/m0/s1. The Morgan fingerprint density at radius 1 is 1.13 bits per heavy atom. The van der Waals surface area contributed by atoms with Crippen LogP contribution in [0.2, 0.25) is 5.02 Å². The van der Waals surface area contributed by atoms with Gasteiger partial charge in [0.25, 0.3) is 0 Å². The molecular weight excluding hydrogens is 668 g/mol. The normalized spacial score (nSPS) is 15.3. The predicted octanol–water partition coefficient (Wildman–Crippen LogP) is 5.51. The molecule has 0 bridgehead atoms. The molecule has 4 N–H and O–H groups in total. The van der Waals surface area contributed by atoms with E-state index in [4.69, 9.17) is 30.5 Å². The van der Waals surface area contributed by atoms with Gasteiger partial charge in [0, 0.05) is 5.70 Å². The van der Waals surface area contributed by atoms with Gasteiger partial charge in [-0.1, -0.05) is 47.5 Å². The Morgan fingerprint density at radius 2 is 1.93 bits per heavy atom. The number of allylic oxidation sites excluding steroid dienone is 1. The zero-order valence-electron chi connectivity index (χ0n) is 25.1. The molecule has 0 fully saturated rings. The summed E-state index contributed by atoms with van der Waals surface area (Å²) < 4.78 is 23.1. The molecule has 0 saturated carbocycles. The fourth-order valence-electron chi connectivity index (χ4n) is 4.57. The lowest BCUT2D eigenvalue weighted by atomic mass is 9.95. The zero-order chi connectivity index (χ0) is 32.5. The van der Waals surface area contributed by atoms with Crippen LogP contribution in [0.25, 0.3) is 0 Å². The number of hydrazone groups is 1. The molecule has 45 heavy (non-hydrogen) atoms. The van der Waals surface area contributed by atoms with Crippen molar-refractivity contribution in [2.45, 2.75) is 39.6 Å². The first-order valence-corrected chi connectivity index (χ1v) is 15.2. The SMILES string of the molecule is CCOc1cc([C@H]2NC(=O)NC(C)=C2C(=O)OC)ccc1OC[C@H](O)N/N=C\c1cc(Cl)c(OCc2cccc(C)c2)c(Br)c1. The van der Waals surface area contributed by atoms with Crippen LogP contribution in [0.4, 0.5) is 4.79 Å². The second-order valence-electron chi connectivity index (χ2n) is 10.0.